The van der Waals surface area contributed by atoms with E-state index in [0.29, 0.717) is 6.42 Å². The normalized spacial score (nSPS) is 39.2. The second kappa shape index (κ2) is 4.73. The molecule has 2 aliphatic rings. The van der Waals surface area contributed by atoms with Crippen molar-refractivity contribution in [2.75, 3.05) is 6.26 Å². The molecule has 0 aromatic heterocycles. The van der Waals surface area contributed by atoms with Crippen LogP contribution >= 0.6 is 0 Å². The van der Waals surface area contributed by atoms with E-state index in [4.69, 9.17) is 0 Å². The molecule has 0 saturated heterocycles. The van der Waals surface area contributed by atoms with Gasteiger partial charge in [0.2, 0.25) is 0 Å². The van der Waals surface area contributed by atoms with Crippen molar-refractivity contribution in [2.24, 2.45) is 5.92 Å². The summed E-state index contributed by atoms with van der Waals surface area (Å²) in [5.74, 6) is 0.118. The van der Waals surface area contributed by atoms with Crippen molar-refractivity contribution in [3.05, 3.63) is 12.2 Å². The number of hydrogen-bond donors (Lipinski definition) is 1. The van der Waals surface area contributed by atoms with Crippen LogP contribution in [-0.2, 0) is 9.84 Å². The van der Waals surface area contributed by atoms with Gasteiger partial charge in [-0.2, -0.15) is 0 Å². The molecule has 3 nitrogen and oxygen atoms in total. The summed E-state index contributed by atoms with van der Waals surface area (Å²) in [6.07, 6.45) is 11.3. The van der Waals surface area contributed by atoms with E-state index in [1.54, 1.807) is 0 Å². The molecule has 0 spiro atoms. The van der Waals surface area contributed by atoms with E-state index in [-0.39, 0.29) is 11.2 Å². The predicted molar refractivity (Wildman–Crippen MR) is 68.5 cm³/mol. The Morgan fingerprint density at radius 1 is 1.29 bits per heavy atom. The zero-order valence-electron chi connectivity index (χ0n) is 10.4. The first kappa shape index (κ1) is 13.1. The second-order valence-corrected chi connectivity index (χ2v) is 7.93. The monoisotopic (exact) mass is 258 g/mol. The predicted octanol–water partition coefficient (Wildman–Crippen LogP) is 2.06. The fourth-order valence-electron chi connectivity index (χ4n) is 3.20. The number of rotatable bonds is 2. The van der Waals surface area contributed by atoms with Crippen LogP contribution in [0.2, 0.25) is 0 Å². The van der Waals surface area contributed by atoms with Crippen LogP contribution in [0.5, 0.6) is 0 Å². The van der Waals surface area contributed by atoms with Crippen LogP contribution in [0.15, 0.2) is 12.2 Å². The Morgan fingerprint density at radius 3 is 2.65 bits per heavy atom. The van der Waals surface area contributed by atoms with Crippen LogP contribution in [0.3, 0.4) is 0 Å². The smallest absolute Gasteiger partial charge is 0.150 e. The minimum Gasteiger partial charge on any atom is -0.386 e. The van der Waals surface area contributed by atoms with Crippen molar-refractivity contribution in [3.63, 3.8) is 0 Å². The van der Waals surface area contributed by atoms with Gasteiger partial charge in [-0.05, 0) is 44.4 Å². The zero-order valence-corrected chi connectivity index (χ0v) is 11.2. The highest BCUT2D eigenvalue weighted by Crippen LogP contribution is 2.40. The summed E-state index contributed by atoms with van der Waals surface area (Å²) in [5.41, 5.74) is -0.748. The third-order valence-corrected chi connectivity index (χ3v) is 5.93. The van der Waals surface area contributed by atoms with Crippen LogP contribution in [0, 0.1) is 5.92 Å². The lowest BCUT2D eigenvalue weighted by atomic mass is 9.72. The van der Waals surface area contributed by atoms with Crippen molar-refractivity contribution in [1.82, 2.24) is 0 Å². The summed E-state index contributed by atoms with van der Waals surface area (Å²) in [4.78, 5) is 0. The first-order valence-electron chi connectivity index (χ1n) is 6.51. The summed E-state index contributed by atoms with van der Waals surface area (Å²) in [7, 11) is -2.96. The first-order valence-corrected chi connectivity index (χ1v) is 8.46. The number of hydrogen-bond acceptors (Lipinski definition) is 3. The Bertz CT molecular complexity index is 399. The first-order chi connectivity index (χ1) is 7.92. The van der Waals surface area contributed by atoms with Crippen molar-refractivity contribution in [2.45, 2.75) is 55.8 Å². The Labute approximate surface area is 104 Å². The summed E-state index contributed by atoms with van der Waals surface area (Å²) in [6, 6.07) is 0. The lowest BCUT2D eigenvalue weighted by molar-refractivity contribution is -0.000923. The number of sulfone groups is 1. The molecular weight excluding hydrogens is 236 g/mol. The molecule has 0 bridgehead atoms. The van der Waals surface area contributed by atoms with Crippen LogP contribution in [0.1, 0.15) is 44.9 Å². The lowest BCUT2D eigenvalue weighted by Gasteiger charge is -2.40. The van der Waals surface area contributed by atoms with Crippen molar-refractivity contribution < 1.29 is 13.5 Å². The van der Waals surface area contributed by atoms with Crippen LogP contribution in [0.4, 0.5) is 0 Å². The summed E-state index contributed by atoms with van der Waals surface area (Å²) in [6.45, 7) is 0. The van der Waals surface area contributed by atoms with Gasteiger partial charge in [-0.15, -0.1) is 0 Å². The maximum absolute atomic E-state index is 11.6. The molecule has 1 N–H and O–H groups in total. The average molecular weight is 258 g/mol. The molecule has 0 amide bonds. The molecule has 3 atom stereocenters. The standard InChI is InChI=1S/C13H22O3S/c1-17(15,16)12-7-5-6-11(10-12)13(14)8-3-2-4-9-13/h3,8,11-12,14H,2,4-7,9-10H2,1H3. The van der Waals surface area contributed by atoms with Crippen LogP contribution in [-0.4, -0.2) is 30.6 Å². The molecule has 2 rings (SSSR count). The van der Waals surface area contributed by atoms with Gasteiger partial charge in [0, 0.05) is 6.26 Å². The molecule has 1 saturated carbocycles. The van der Waals surface area contributed by atoms with E-state index in [1.165, 1.54) is 6.26 Å². The second-order valence-electron chi connectivity index (χ2n) is 5.60. The molecule has 3 unspecified atom stereocenters. The average Bonchev–Trinajstić information content (AvgIpc) is 2.29. The quantitative estimate of drug-likeness (QED) is 0.771. The highest BCUT2D eigenvalue weighted by atomic mass is 32.2. The van der Waals surface area contributed by atoms with E-state index in [9.17, 15) is 13.5 Å². The maximum atomic E-state index is 11.6. The molecule has 0 aliphatic heterocycles. The van der Waals surface area contributed by atoms with E-state index in [2.05, 4.69) is 0 Å². The van der Waals surface area contributed by atoms with E-state index in [1.807, 2.05) is 12.2 Å². The van der Waals surface area contributed by atoms with Gasteiger partial charge >= 0.3 is 0 Å². The van der Waals surface area contributed by atoms with E-state index in [0.717, 1.165) is 38.5 Å². The van der Waals surface area contributed by atoms with Crippen molar-refractivity contribution in [1.29, 1.82) is 0 Å². The summed E-state index contributed by atoms with van der Waals surface area (Å²) >= 11 is 0. The van der Waals surface area contributed by atoms with Gasteiger partial charge in [-0.1, -0.05) is 18.6 Å². The molecule has 98 valence electrons. The lowest BCUT2D eigenvalue weighted by Crippen LogP contribution is -2.42. The fraction of sp³-hybridized carbons (Fsp3) is 0.846. The van der Waals surface area contributed by atoms with Gasteiger partial charge in [-0.3, -0.25) is 0 Å². The molecule has 1 fully saturated rings. The zero-order chi connectivity index (χ0) is 12.5. The van der Waals surface area contributed by atoms with E-state index >= 15 is 0 Å². The van der Waals surface area contributed by atoms with Crippen molar-refractivity contribution >= 4 is 9.84 Å². The fourth-order valence-corrected chi connectivity index (χ4v) is 4.38. The molecule has 2 aliphatic carbocycles. The third kappa shape index (κ3) is 2.91. The minimum atomic E-state index is -2.96. The molecular formula is C13H22O3S. The van der Waals surface area contributed by atoms with E-state index < -0.39 is 15.4 Å². The van der Waals surface area contributed by atoms with Crippen LogP contribution in [0.25, 0.3) is 0 Å². The van der Waals surface area contributed by atoms with Gasteiger partial charge in [0.25, 0.3) is 0 Å². The molecule has 0 heterocycles. The minimum absolute atomic E-state index is 0.118. The molecule has 0 aromatic rings. The molecule has 0 aromatic carbocycles. The third-order valence-electron chi connectivity index (χ3n) is 4.29. The Morgan fingerprint density at radius 2 is 2.06 bits per heavy atom. The number of allylic oxidation sites excluding steroid dienone is 1. The van der Waals surface area contributed by atoms with Gasteiger partial charge < -0.3 is 5.11 Å². The number of aliphatic hydroxyl groups is 1. The largest absolute Gasteiger partial charge is 0.386 e. The van der Waals surface area contributed by atoms with Gasteiger partial charge in [-0.25, -0.2) is 8.42 Å². The summed E-state index contributed by atoms with van der Waals surface area (Å²) < 4.78 is 23.2. The van der Waals surface area contributed by atoms with Crippen molar-refractivity contribution in [3.8, 4) is 0 Å². The SMILES string of the molecule is CS(=O)(=O)C1CCCC(C2(O)C=CCCC2)C1. The molecule has 17 heavy (non-hydrogen) atoms. The van der Waals surface area contributed by atoms with Crippen LogP contribution < -0.4 is 0 Å². The van der Waals surface area contributed by atoms with Gasteiger partial charge in [0.15, 0.2) is 0 Å². The van der Waals surface area contributed by atoms with Gasteiger partial charge in [0.1, 0.15) is 9.84 Å². The summed E-state index contributed by atoms with van der Waals surface area (Å²) in [5, 5.41) is 10.3. The highest BCUT2D eigenvalue weighted by molar-refractivity contribution is 7.91. The Hall–Kier alpha value is -0.350. The van der Waals surface area contributed by atoms with Gasteiger partial charge in [0.05, 0.1) is 10.9 Å². The Balaban J connectivity index is 2.12. The topological polar surface area (TPSA) is 54.4 Å². The molecule has 4 heteroatoms. The highest BCUT2D eigenvalue weighted by Gasteiger charge is 2.40. The Kier molecular flexibility index (Phi) is 3.64. The molecule has 0 radical (unpaired) electrons. The maximum Gasteiger partial charge on any atom is 0.150 e.